The van der Waals surface area contributed by atoms with E-state index in [0.29, 0.717) is 92.0 Å². The van der Waals surface area contributed by atoms with E-state index in [4.69, 9.17) is 33.2 Å². The highest BCUT2D eigenvalue weighted by molar-refractivity contribution is 5.75. The first-order valence-electron chi connectivity index (χ1n) is 17.4. The van der Waals surface area contributed by atoms with Gasteiger partial charge in [0, 0.05) is 38.6 Å². The van der Waals surface area contributed by atoms with Crippen LogP contribution in [-0.4, -0.2) is 153 Å². The van der Waals surface area contributed by atoms with Crippen LogP contribution in [0.4, 0.5) is 22.0 Å². The summed E-state index contributed by atoms with van der Waals surface area (Å²) in [6.45, 7) is 7.23. The fraction of sp³-hybridized carbons (Fsp3) is 0.697. The first kappa shape index (κ1) is 47.7. The van der Waals surface area contributed by atoms with Crippen LogP contribution in [0.1, 0.15) is 31.9 Å². The quantitative estimate of drug-likeness (QED) is 0.0320. The van der Waals surface area contributed by atoms with Crippen molar-refractivity contribution in [2.75, 3.05) is 85.8 Å². The van der Waals surface area contributed by atoms with Gasteiger partial charge < -0.3 is 58.5 Å². The smallest absolute Gasteiger partial charge is 0.298 e. The second kappa shape index (κ2) is 28.0. The van der Waals surface area contributed by atoms with E-state index in [-0.39, 0.29) is 12.3 Å². The van der Waals surface area contributed by atoms with E-state index in [1.165, 1.54) is 0 Å². The third kappa shape index (κ3) is 18.4. The van der Waals surface area contributed by atoms with Crippen molar-refractivity contribution in [2.45, 2.75) is 63.8 Å². The molecule has 1 aliphatic rings. The minimum Gasteiger partial charge on any atom is -0.422 e. The van der Waals surface area contributed by atoms with E-state index >= 15 is 0 Å². The van der Waals surface area contributed by atoms with Gasteiger partial charge in [0.05, 0.1) is 91.0 Å². The number of halogens is 5. The Labute approximate surface area is 313 Å². The Bertz CT molecular complexity index is 1350. The van der Waals surface area contributed by atoms with Crippen molar-refractivity contribution in [1.29, 1.82) is 0 Å². The topological polar surface area (TPSA) is 211 Å². The van der Waals surface area contributed by atoms with Crippen LogP contribution in [0.5, 0.6) is 5.75 Å². The minimum atomic E-state index is -2.31. The van der Waals surface area contributed by atoms with Crippen molar-refractivity contribution in [3.8, 4) is 5.75 Å². The molecule has 22 heteroatoms. The number of hydrogen-bond acceptors (Lipinski definition) is 15. The van der Waals surface area contributed by atoms with Crippen LogP contribution < -0.4 is 10.1 Å². The molecule has 2 aromatic rings. The van der Waals surface area contributed by atoms with Gasteiger partial charge in [0.2, 0.25) is 40.7 Å². The zero-order valence-electron chi connectivity index (χ0n) is 30.3. The van der Waals surface area contributed by atoms with E-state index < -0.39 is 72.5 Å². The second-order valence-corrected chi connectivity index (χ2v) is 11.4. The lowest BCUT2D eigenvalue weighted by molar-refractivity contribution is -0.256. The number of hydrogen-bond donors (Lipinski definition) is 4. The summed E-state index contributed by atoms with van der Waals surface area (Å²) in [4.78, 5) is 21.4. The van der Waals surface area contributed by atoms with Gasteiger partial charge in [-0.25, -0.2) is 17.9 Å². The predicted molar refractivity (Wildman–Crippen MR) is 177 cm³/mol. The Balaban J connectivity index is 0.000000624. The maximum Gasteiger partial charge on any atom is 0.298 e. The normalized spacial score (nSPS) is 18.1. The fourth-order valence-electron chi connectivity index (χ4n) is 4.45. The molecule has 0 bridgehead atoms. The number of ether oxygens (including phenoxy) is 8. The predicted octanol–water partition coefficient (Wildman–Crippen LogP) is 0.583. The molecule has 3 rings (SSSR count). The summed E-state index contributed by atoms with van der Waals surface area (Å²) < 4.78 is 106. The third-order valence-electron chi connectivity index (χ3n) is 7.27. The van der Waals surface area contributed by atoms with Gasteiger partial charge in [0.15, 0.2) is 6.29 Å². The molecule has 1 fully saturated rings. The van der Waals surface area contributed by atoms with Gasteiger partial charge in [0.1, 0.15) is 12.2 Å². The van der Waals surface area contributed by atoms with Crippen molar-refractivity contribution in [2.24, 2.45) is 0 Å². The standard InChI is InChI=1S/C26H48N4O11.C7HF5O2/c1-2-7-35-12-13-36-8-4-24(33)27-5-10-37-14-16-39-17-15-38-11-6-30-19-21(28-29-30)3-9-40-25-18-22(32)26(34)23(20-31)41-25;8-2-3(9)5(11)7(14-1-13)6(12)4(2)10/h19,22-23,25-26,31-32,34H,2-18,20H2,1H3,(H,27,33);1H. The van der Waals surface area contributed by atoms with E-state index in [1.54, 1.807) is 10.9 Å². The summed E-state index contributed by atoms with van der Waals surface area (Å²) in [7, 11) is 0. The molecule has 1 aromatic heterocycles. The Morgan fingerprint density at radius 3 is 2.07 bits per heavy atom. The molecular formula is C33H49F5N4O13. The molecule has 55 heavy (non-hydrogen) atoms. The highest BCUT2D eigenvalue weighted by Crippen LogP contribution is 2.28. The molecule has 0 aliphatic carbocycles. The van der Waals surface area contributed by atoms with Gasteiger partial charge in [-0.3, -0.25) is 9.59 Å². The second-order valence-electron chi connectivity index (χ2n) is 11.4. The Morgan fingerprint density at radius 1 is 0.873 bits per heavy atom. The zero-order chi connectivity index (χ0) is 40.4. The van der Waals surface area contributed by atoms with Crippen molar-refractivity contribution >= 4 is 12.4 Å². The van der Waals surface area contributed by atoms with Gasteiger partial charge in [0.25, 0.3) is 6.47 Å². The third-order valence-corrected chi connectivity index (χ3v) is 7.27. The van der Waals surface area contributed by atoms with Gasteiger partial charge in [-0.15, -0.1) is 5.10 Å². The number of nitrogens with one attached hydrogen (secondary N) is 1. The van der Waals surface area contributed by atoms with E-state index in [9.17, 15) is 46.9 Å². The van der Waals surface area contributed by atoms with Crippen LogP contribution >= 0.6 is 0 Å². The lowest BCUT2D eigenvalue weighted by Gasteiger charge is -2.35. The molecule has 17 nitrogen and oxygen atoms in total. The lowest BCUT2D eigenvalue weighted by Crippen LogP contribution is -2.50. The van der Waals surface area contributed by atoms with Gasteiger partial charge >= 0.3 is 0 Å². The number of carbonyl (C=O) groups excluding carboxylic acids is 2. The molecule has 2 heterocycles. The van der Waals surface area contributed by atoms with Crippen LogP contribution in [-0.2, 0) is 55.7 Å². The van der Waals surface area contributed by atoms with Crippen LogP contribution in [0.25, 0.3) is 0 Å². The highest BCUT2D eigenvalue weighted by atomic mass is 19.2. The number of carbonyl (C=O) groups is 2. The number of rotatable bonds is 27. The number of aliphatic hydroxyl groups is 3. The van der Waals surface area contributed by atoms with Gasteiger partial charge in [-0.05, 0) is 6.42 Å². The Kier molecular flexibility index (Phi) is 24.3. The summed E-state index contributed by atoms with van der Waals surface area (Å²) in [6, 6.07) is 0. The number of aliphatic hydroxyl groups excluding tert-OH is 3. The number of nitrogens with zero attached hydrogens (tertiary/aromatic N) is 3. The summed E-state index contributed by atoms with van der Waals surface area (Å²) in [5.41, 5.74) is 0.737. The fourth-order valence-corrected chi connectivity index (χ4v) is 4.45. The zero-order valence-corrected chi connectivity index (χ0v) is 30.3. The number of benzene rings is 1. The summed E-state index contributed by atoms with van der Waals surface area (Å²) in [6.07, 6.45) is 0.0190. The van der Waals surface area contributed by atoms with Gasteiger partial charge in [-0.2, -0.15) is 8.78 Å². The molecule has 0 radical (unpaired) electrons. The summed E-state index contributed by atoms with van der Waals surface area (Å²) in [5.74, 6) is -12.7. The molecule has 1 saturated heterocycles. The van der Waals surface area contributed by atoms with Crippen molar-refractivity contribution in [1.82, 2.24) is 20.3 Å². The first-order chi connectivity index (χ1) is 26.5. The van der Waals surface area contributed by atoms with Crippen LogP contribution in [0.2, 0.25) is 0 Å². The van der Waals surface area contributed by atoms with Crippen molar-refractivity contribution < 1.29 is 84.8 Å². The molecule has 1 aromatic carbocycles. The molecular weight excluding hydrogens is 755 g/mol. The Morgan fingerprint density at radius 2 is 1.45 bits per heavy atom. The molecule has 1 aliphatic heterocycles. The van der Waals surface area contributed by atoms with Crippen molar-refractivity contribution in [3.63, 3.8) is 0 Å². The van der Waals surface area contributed by atoms with E-state index in [0.717, 1.165) is 18.7 Å². The van der Waals surface area contributed by atoms with Crippen molar-refractivity contribution in [3.05, 3.63) is 41.0 Å². The first-order valence-corrected chi connectivity index (χ1v) is 17.4. The molecule has 0 saturated carbocycles. The molecule has 314 valence electrons. The summed E-state index contributed by atoms with van der Waals surface area (Å²) in [5, 5.41) is 39.8. The summed E-state index contributed by atoms with van der Waals surface area (Å²) >= 11 is 0. The van der Waals surface area contributed by atoms with E-state index in [1.807, 2.05) is 6.92 Å². The molecule has 0 spiro atoms. The van der Waals surface area contributed by atoms with E-state index in [2.05, 4.69) is 20.4 Å². The molecule has 1 amide bonds. The average Bonchev–Trinajstić information content (AvgIpc) is 3.63. The minimum absolute atomic E-state index is 0.0707. The lowest BCUT2D eigenvalue weighted by atomic mass is 10.0. The van der Waals surface area contributed by atoms with Crippen LogP contribution in [0, 0.1) is 29.1 Å². The molecule has 4 atom stereocenters. The maximum atomic E-state index is 12.6. The maximum absolute atomic E-state index is 12.6. The van der Waals surface area contributed by atoms with Crippen LogP contribution in [0.15, 0.2) is 6.20 Å². The number of aromatic nitrogens is 3. The molecule has 4 unspecified atom stereocenters. The average molecular weight is 805 g/mol. The number of amides is 1. The van der Waals surface area contributed by atoms with Gasteiger partial charge in [-0.1, -0.05) is 12.1 Å². The molecule has 4 N–H and O–H groups in total. The Hall–Kier alpha value is -3.45. The highest BCUT2D eigenvalue weighted by Gasteiger charge is 2.36. The SMILES string of the molecule is CCCOCCOCCC(=O)NCCOCCOCCOCCn1cc(CCOC2CC(O)C(O)C(CO)O2)nn1.O=COc1c(F)c(F)c(F)c(F)c1F. The monoisotopic (exact) mass is 804 g/mol. The largest absolute Gasteiger partial charge is 0.422 e. The van der Waals surface area contributed by atoms with Crippen LogP contribution in [0.3, 0.4) is 0 Å².